The second-order valence-electron chi connectivity index (χ2n) is 5.13. The van der Waals surface area contributed by atoms with Gasteiger partial charge in [0.05, 0.1) is 5.56 Å². The Kier molecular flexibility index (Phi) is 2.72. The number of carboxylic acid groups (broad SMARTS) is 1. The summed E-state index contributed by atoms with van der Waals surface area (Å²) in [6.07, 6.45) is 1.20. The molecule has 0 heterocycles. The van der Waals surface area contributed by atoms with E-state index >= 15 is 0 Å². The summed E-state index contributed by atoms with van der Waals surface area (Å²) in [5.74, 6) is -0.867. The van der Waals surface area contributed by atoms with Crippen molar-refractivity contribution in [2.45, 2.75) is 32.9 Å². The molecule has 1 aromatic carbocycles. The molecule has 1 aliphatic carbocycles. The molecule has 1 fully saturated rings. The van der Waals surface area contributed by atoms with E-state index in [4.69, 9.17) is 5.11 Å². The number of hydrogen-bond acceptors (Lipinski definition) is 2. The lowest BCUT2D eigenvalue weighted by molar-refractivity contribution is 0.0696. The van der Waals surface area contributed by atoms with Crippen molar-refractivity contribution in [3.8, 4) is 0 Å². The van der Waals surface area contributed by atoms with Gasteiger partial charge < -0.3 is 10.4 Å². The maximum Gasteiger partial charge on any atom is 0.335 e. The molecule has 2 rings (SSSR count). The van der Waals surface area contributed by atoms with Crippen LogP contribution in [0.25, 0.3) is 0 Å². The molecule has 3 heteroatoms. The monoisotopic (exact) mass is 219 g/mol. The molecule has 1 aliphatic rings. The number of carboxylic acids is 1. The third-order valence-electron chi connectivity index (χ3n) is 3.24. The minimum Gasteiger partial charge on any atom is -0.478 e. The predicted octanol–water partition coefficient (Wildman–Crippen LogP) is 2.27. The van der Waals surface area contributed by atoms with Crippen LogP contribution in [0, 0.1) is 5.41 Å². The zero-order valence-corrected chi connectivity index (χ0v) is 9.66. The fourth-order valence-electron chi connectivity index (χ4n) is 1.87. The van der Waals surface area contributed by atoms with Crippen LogP contribution in [0.4, 0.5) is 0 Å². The Labute approximate surface area is 95.5 Å². The van der Waals surface area contributed by atoms with Gasteiger partial charge in [0.25, 0.3) is 0 Å². The van der Waals surface area contributed by atoms with Gasteiger partial charge in [-0.25, -0.2) is 4.79 Å². The minimum atomic E-state index is -0.867. The van der Waals surface area contributed by atoms with Gasteiger partial charge in [-0.2, -0.15) is 0 Å². The van der Waals surface area contributed by atoms with E-state index in [1.165, 1.54) is 6.42 Å². The van der Waals surface area contributed by atoms with Crippen LogP contribution in [0.5, 0.6) is 0 Å². The lowest BCUT2D eigenvalue weighted by Crippen LogP contribution is -2.20. The average molecular weight is 219 g/mol. The summed E-state index contributed by atoms with van der Waals surface area (Å²) in [7, 11) is 0. The molecule has 0 amide bonds. The Morgan fingerprint density at radius 3 is 2.81 bits per heavy atom. The number of benzene rings is 1. The standard InChI is InChI=1S/C13H17NO2/c1-13(2)7-11(13)14-8-9-4-3-5-10(6-9)12(15)16/h3-6,11,14H,7-8H2,1-2H3,(H,15,16). The lowest BCUT2D eigenvalue weighted by Gasteiger charge is -2.07. The fourth-order valence-corrected chi connectivity index (χ4v) is 1.87. The summed E-state index contributed by atoms with van der Waals surface area (Å²) in [6.45, 7) is 5.21. The van der Waals surface area contributed by atoms with Crippen LogP contribution in [0.1, 0.15) is 36.2 Å². The van der Waals surface area contributed by atoms with Gasteiger partial charge in [-0.15, -0.1) is 0 Å². The third-order valence-corrected chi connectivity index (χ3v) is 3.24. The van der Waals surface area contributed by atoms with Crippen molar-refractivity contribution >= 4 is 5.97 Å². The molecule has 2 N–H and O–H groups in total. The SMILES string of the molecule is CC1(C)CC1NCc1cccc(C(=O)O)c1. The molecule has 86 valence electrons. The van der Waals surface area contributed by atoms with Gasteiger partial charge in [-0.3, -0.25) is 0 Å². The first-order chi connectivity index (χ1) is 7.49. The van der Waals surface area contributed by atoms with Crippen molar-refractivity contribution in [3.63, 3.8) is 0 Å². The van der Waals surface area contributed by atoms with Crippen LogP contribution in [0.15, 0.2) is 24.3 Å². The summed E-state index contributed by atoms with van der Waals surface area (Å²) in [5.41, 5.74) is 1.79. The van der Waals surface area contributed by atoms with Gasteiger partial charge >= 0.3 is 5.97 Å². The highest BCUT2D eigenvalue weighted by molar-refractivity contribution is 5.87. The third kappa shape index (κ3) is 2.42. The van der Waals surface area contributed by atoms with E-state index < -0.39 is 5.97 Å². The largest absolute Gasteiger partial charge is 0.478 e. The summed E-state index contributed by atoms with van der Waals surface area (Å²) in [4.78, 5) is 10.8. The first-order valence-corrected chi connectivity index (χ1v) is 5.55. The molecule has 1 saturated carbocycles. The van der Waals surface area contributed by atoms with Crippen LogP contribution in [0.2, 0.25) is 0 Å². The molecule has 1 unspecified atom stereocenters. The van der Waals surface area contributed by atoms with Crippen LogP contribution < -0.4 is 5.32 Å². The molecule has 0 saturated heterocycles. The van der Waals surface area contributed by atoms with Crippen LogP contribution in [-0.2, 0) is 6.54 Å². The zero-order valence-electron chi connectivity index (χ0n) is 9.66. The highest BCUT2D eigenvalue weighted by Gasteiger charge is 2.44. The van der Waals surface area contributed by atoms with Crippen molar-refractivity contribution in [2.24, 2.45) is 5.41 Å². The van der Waals surface area contributed by atoms with Crippen molar-refractivity contribution < 1.29 is 9.90 Å². The molecular formula is C13H17NO2. The molecule has 1 atom stereocenters. The van der Waals surface area contributed by atoms with E-state index in [-0.39, 0.29) is 0 Å². The Bertz CT molecular complexity index is 412. The smallest absolute Gasteiger partial charge is 0.335 e. The number of nitrogens with one attached hydrogen (secondary N) is 1. The van der Waals surface area contributed by atoms with Gasteiger partial charge in [0, 0.05) is 12.6 Å². The maximum absolute atomic E-state index is 10.8. The molecule has 0 bridgehead atoms. The average Bonchev–Trinajstić information content (AvgIpc) is 2.84. The number of carbonyl (C=O) groups is 1. The van der Waals surface area contributed by atoms with Gasteiger partial charge in [0.15, 0.2) is 0 Å². The second-order valence-corrected chi connectivity index (χ2v) is 5.13. The molecule has 3 nitrogen and oxygen atoms in total. The number of hydrogen-bond donors (Lipinski definition) is 2. The zero-order chi connectivity index (χ0) is 11.8. The number of rotatable bonds is 4. The van der Waals surface area contributed by atoms with Crippen molar-refractivity contribution in [1.29, 1.82) is 0 Å². The summed E-state index contributed by atoms with van der Waals surface area (Å²) < 4.78 is 0. The highest BCUT2D eigenvalue weighted by Crippen LogP contribution is 2.44. The van der Waals surface area contributed by atoms with E-state index in [2.05, 4.69) is 19.2 Å². The quantitative estimate of drug-likeness (QED) is 0.816. The van der Waals surface area contributed by atoms with Gasteiger partial charge in [-0.1, -0.05) is 26.0 Å². The second kappa shape index (κ2) is 3.91. The molecule has 0 spiro atoms. The molecule has 0 aromatic heterocycles. The topological polar surface area (TPSA) is 49.3 Å². The van der Waals surface area contributed by atoms with Crippen LogP contribution >= 0.6 is 0 Å². The normalized spacial score (nSPS) is 21.8. The van der Waals surface area contributed by atoms with Crippen LogP contribution in [-0.4, -0.2) is 17.1 Å². The predicted molar refractivity (Wildman–Crippen MR) is 62.4 cm³/mol. The Balaban J connectivity index is 1.95. The van der Waals surface area contributed by atoms with Crippen molar-refractivity contribution in [1.82, 2.24) is 5.32 Å². The molecule has 0 radical (unpaired) electrons. The summed E-state index contributed by atoms with van der Waals surface area (Å²) in [5, 5.41) is 12.3. The van der Waals surface area contributed by atoms with Crippen molar-refractivity contribution in [3.05, 3.63) is 35.4 Å². The van der Waals surface area contributed by atoms with E-state index in [0.717, 1.165) is 12.1 Å². The molecule has 0 aliphatic heterocycles. The van der Waals surface area contributed by atoms with Crippen molar-refractivity contribution in [2.75, 3.05) is 0 Å². The summed E-state index contributed by atoms with van der Waals surface area (Å²) >= 11 is 0. The van der Waals surface area contributed by atoms with Gasteiger partial charge in [-0.05, 0) is 29.5 Å². The first kappa shape index (κ1) is 11.1. The van der Waals surface area contributed by atoms with Gasteiger partial charge in [0.1, 0.15) is 0 Å². The van der Waals surface area contributed by atoms with Crippen LogP contribution in [0.3, 0.4) is 0 Å². The highest BCUT2D eigenvalue weighted by atomic mass is 16.4. The molecule has 16 heavy (non-hydrogen) atoms. The maximum atomic E-state index is 10.8. The Hall–Kier alpha value is -1.35. The molecule has 1 aromatic rings. The van der Waals surface area contributed by atoms with Gasteiger partial charge in [0.2, 0.25) is 0 Å². The van der Waals surface area contributed by atoms with E-state index in [0.29, 0.717) is 17.0 Å². The lowest BCUT2D eigenvalue weighted by atomic mass is 10.1. The summed E-state index contributed by atoms with van der Waals surface area (Å²) in [6, 6.07) is 7.66. The van der Waals surface area contributed by atoms with E-state index in [9.17, 15) is 4.79 Å². The van der Waals surface area contributed by atoms with E-state index in [1.54, 1.807) is 18.2 Å². The number of aromatic carboxylic acids is 1. The fraction of sp³-hybridized carbons (Fsp3) is 0.462. The first-order valence-electron chi connectivity index (χ1n) is 5.55. The van der Waals surface area contributed by atoms with E-state index in [1.807, 2.05) is 6.07 Å². The molecular weight excluding hydrogens is 202 g/mol. The Morgan fingerprint density at radius 2 is 2.25 bits per heavy atom. The minimum absolute atomic E-state index is 0.356. The Morgan fingerprint density at radius 1 is 1.56 bits per heavy atom.